The molecule has 25 heavy (non-hydrogen) atoms. The average molecular weight is 340 g/mol. The number of hydrogen-bond donors (Lipinski definition) is 3. The van der Waals surface area contributed by atoms with E-state index in [2.05, 4.69) is 10.6 Å². The third kappa shape index (κ3) is 5.31. The lowest BCUT2D eigenvalue weighted by Crippen LogP contribution is -2.42. The Morgan fingerprint density at radius 3 is 2.32 bits per heavy atom. The second-order valence-corrected chi connectivity index (χ2v) is 6.38. The van der Waals surface area contributed by atoms with E-state index >= 15 is 0 Å². The first-order valence-corrected chi connectivity index (χ1v) is 8.67. The summed E-state index contributed by atoms with van der Waals surface area (Å²) in [5, 5.41) is 15.4. The fourth-order valence-electron chi connectivity index (χ4n) is 2.99. The first-order valence-electron chi connectivity index (χ1n) is 8.67. The van der Waals surface area contributed by atoms with E-state index in [1.54, 1.807) is 0 Å². The Bertz CT molecular complexity index is 673. The Balaban J connectivity index is 1.43. The van der Waals surface area contributed by atoms with Crippen LogP contribution in [-0.4, -0.2) is 23.3 Å². The summed E-state index contributed by atoms with van der Waals surface area (Å²) >= 11 is 0. The number of benzene rings is 2. The van der Waals surface area contributed by atoms with E-state index in [9.17, 15) is 9.90 Å². The summed E-state index contributed by atoms with van der Waals surface area (Å²) < 4.78 is 5.70. The van der Waals surface area contributed by atoms with Crippen LogP contribution < -0.4 is 10.6 Å². The number of ether oxygens (including phenoxy) is 1. The molecule has 0 radical (unpaired) electrons. The molecule has 132 valence electrons. The highest BCUT2D eigenvalue weighted by molar-refractivity contribution is 5.89. The molecule has 0 spiro atoms. The molecule has 2 atom stereocenters. The molecule has 2 aromatic rings. The number of aliphatic hydroxyl groups is 1. The monoisotopic (exact) mass is 340 g/mol. The Hall–Kier alpha value is -2.37. The molecule has 2 amide bonds. The molecular formula is C20H24N2O3. The lowest BCUT2D eigenvalue weighted by atomic mass is 10.2. The van der Waals surface area contributed by atoms with Gasteiger partial charge in [-0.2, -0.15) is 0 Å². The Kier molecular flexibility index (Phi) is 6.04. The molecule has 0 unspecified atom stereocenters. The zero-order valence-electron chi connectivity index (χ0n) is 14.2. The van der Waals surface area contributed by atoms with Gasteiger partial charge in [-0.05, 0) is 42.5 Å². The van der Waals surface area contributed by atoms with Gasteiger partial charge < -0.3 is 20.5 Å². The number of urea groups is 1. The minimum absolute atomic E-state index is 0.148. The number of hydrogen-bond acceptors (Lipinski definition) is 3. The highest BCUT2D eigenvalue weighted by Crippen LogP contribution is 2.19. The molecule has 0 aromatic heterocycles. The van der Waals surface area contributed by atoms with E-state index in [0.29, 0.717) is 13.2 Å². The van der Waals surface area contributed by atoms with Crippen LogP contribution in [-0.2, 0) is 18.0 Å². The van der Waals surface area contributed by atoms with Crippen molar-refractivity contribution < 1.29 is 14.6 Å². The van der Waals surface area contributed by atoms with Crippen molar-refractivity contribution in [1.29, 1.82) is 0 Å². The van der Waals surface area contributed by atoms with Gasteiger partial charge in [0.15, 0.2) is 0 Å². The van der Waals surface area contributed by atoms with Crippen LogP contribution in [0.5, 0.6) is 0 Å². The van der Waals surface area contributed by atoms with Crippen LogP contribution in [0, 0.1) is 0 Å². The standard InChI is InChI=1S/C20H24N2O3/c23-19-8-4-7-18(19)22-20(24)21-17-11-9-16(10-12-17)14-25-13-15-5-2-1-3-6-15/h1-3,5-6,9-12,18-19,23H,4,7-8,13-14H2,(H2,21,22,24)/t18-,19-/m0/s1. The highest BCUT2D eigenvalue weighted by atomic mass is 16.5. The normalized spacial score (nSPS) is 19.6. The van der Waals surface area contributed by atoms with Gasteiger partial charge in [0.05, 0.1) is 25.4 Å². The van der Waals surface area contributed by atoms with Crippen LogP contribution in [0.1, 0.15) is 30.4 Å². The van der Waals surface area contributed by atoms with E-state index in [-0.39, 0.29) is 12.1 Å². The maximum absolute atomic E-state index is 12.0. The minimum atomic E-state index is -0.435. The molecule has 3 N–H and O–H groups in total. The van der Waals surface area contributed by atoms with Crippen molar-refractivity contribution in [2.45, 2.75) is 44.6 Å². The third-order valence-electron chi connectivity index (χ3n) is 4.39. The first-order chi connectivity index (χ1) is 12.2. The second-order valence-electron chi connectivity index (χ2n) is 6.38. The molecule has 0 bridgehead atoms. The summed E-state index contributed by atoms with van der Waals surface area (Å²) in [4.78, 5) is 12.0. The summed E-state index contributed by atoms with van der Waals surface area (Å²) in [5.74, 6) is 0. The summed E-state index contributed by atoms with van der Waals surface area (Å²) in [6.07, 6.45) is 2.09. The van der Waals surface area contributed by atoms with Crippen LogP contribution in [0.25, 0.3) is 0 Å². The van der Waals surface area contributed by atoms with Gasteiger partial charge in [0, 0.05) is 5.69 Å². The largest absolute Gasteiger partial charge is 0.391 e. The summed E-state index contributed by atoms with van der Waals surface area (Å²) in [6.45, 7) is 1.10. The highest BCUT2D eigenvalue weighted by Gasteiger charge is 2.26. The Morgan fingerprint density at radius 2 is 1.68 bits per heavy atom. The molecule has 0 saturated heterocycles. The van der Waals surface area contributed by atoms with Crippen LogP contribution in [0.2, 0.25) is 0 Å². The van der Waals surface area contributed by atoms with Crippen molar-refractivity contribution in [2.24, 2.45) is 0 Å². The van der Waals surface area contributed by atoms with Crippen molar-refractivity contribution >= 4 is 11.7 Å². The molecule has 2 aromatic carbocycles. The molecular weight excluding hydrogens is 316 g/mol. The molecule has 3 rings (SSSR count). The third-order valence-corrected chi connectivity index (χ3v) is 4.39. The zero-order chi connectivity index (χ0) is 17.5. The maximum Gasteiger partial charge on any atom is 0.319 e. The first kappa shape index (κ1) is 17.5. The summed E-state index contributed by atoms with van der Waals surface area (Å²) in [7, 11) is 0. The fraction of sp³-hybridized carbons (Fsp3) is 0.350. The average Bonchev–Trinajstić information content (AvgIpc) is 3.02. The lowest BCUT2D eigenvalue weighted by molar-refractivity contribution is 0.107. The predicted molar refractivity (Wildman–Crippen MR) is 97.2 cm³/mol. The SMILES string of the molecule is O=C(Nc1ccc(COCc2ccccc2)cc1)N[C@H]1CCC[C@@H]1O. The fourth-order valence-corrected chi connectivity index (χ4v) is 2.99. The zero-order valence-corrected chi connectivity index (χ0v) is 14.2. The number of nitrogens with one attached hydrogen (secondary N) is 2. The van der Waals surface area contributed by atoms with E-state index in [1.165, 1.54) is 0 Å². The predicted octanol–water partition coefficient (Wildman–Crippen LogP) is 3.44. The maximum atomic E-state index is 12.0. The van der Waals surface area contributed by atoms with Gasteiger partial charge in [0.25, 0.3) is 0 Å². The number of carbonyl (C=O) groups excluding carboxylic acids is 1. The number of amides is 2. The number of rotatable bonds is 6. The summed E-state index contributed by atoms with van der Waals surface area (Å²) in [5.41, 5.74) is 2.91. The van der Waals surface area contributed by atoms with E-state index in [1.807, 2.05) is 54.6 Å². The molecule has 0 aliphatic heterocycles. The number of aliphatic hydroxyl groups excluding tert-OH is 1. The molecule has 0 heterocycles. The van der Waals surface area contributed by atoms with Crippen LogP contribution in [0.4, 0.5) is 10.5 Å². The van der Waals surface area contributed by atoms with Gasteiger partial charge in [-0.3, -0.25) is 0 Å². The number of carbonyl (C=O) groups is 1. The van der Waals surface area contributed by atoms with Gasteiger partial charge in [-0.25, -0.2) is 4.79 Å². The molecule has 1 aliphatic rings. The van der Waals surface area contributed by atoms with Crippen LogP contribution in [0.15, 0.2) is 54.6 Å². The van der Waals surface area contributed by atoms with Gasteiger partial charge >= 0.3 is 6.03 Å². The minimum Gasteiger partial charge on any atom is -0.391 e. The van der Waals surface area contributed by atoms with Crippen molar-refractivity contribution in [3.63, 3.8) is 0 Å². The van der Waals surface area contributed by atoms with E-state index in [0.717, 1.165) is 36.1 Å². The van der Waals surface area contributed by atoms with E-state index in [4.69, 9.17) is 4.74 Å². The van der Waals surface area contributed by atoms with Gasteiger partial charge in [-0.15, -0.1) is 0 Å². The Morgan fingerprint density at radius 1 is 1.00 bits per heavy atom. The van der Waals surface area contributed by atoms with Crippen molar-refractivity contribution in [3.05, 3.63) is 65.7 Å². The molecule has 1 fully saturated rings. The topological polar surface area (TPSA) is 70.6 Å². The summed E-state index contributed by atoms with van der Waals surface area (Å²) in [6, 6.07) is 17.2. The molecule has 5 nitrogen and oxygen atoms in total. The molecule has 1 aliphatic carbocycles. The van der Waals surface area contributed by atoms with Gasteiger partial charge in [-0.1, -0.05) is 42.5 Å². The smallest absolute Gasteiger partial charge is 0.319 e. The lowest BCUT2D eigenvalue weighted by Gasteiger charge is -2.17. The van der Waals surface area contributed by atoms with Crippen molar-refractivity contribution in [2.75, 3.05) is 5.32 Å². The number of anilines is 1. The van der Waals surface area contributed by atoms with Crippen LogP contribution >= 0.6 is 0 Å². The molecule has 5 heteroatoms. The quantitative estimate of drug-likeness (QED) is 0.754. The second kappa shape index (κ2) is 8.65. The van der Waals surface area contributed by atoms with Gasteiger partial charge in [0.1, 0.15) is 0 Å². The van der Waals surface area contributed by atoms with Gasteiger partial charge in [0.2, 0.25) is 0 Å². The van der Waals surface area contributed by atoms with Crippen molar-refractivity contribution in [3.8, 4) is 0 Å². The molecule has 1 saturated carbocycles. The Labute approximate surface area is 148 Å². The van der Waals surface area contributed by atoms with Crippen molar-refractivity contribution in [1.82, 2.24) is 5.32 Å². The van der Waals surface area contributed by atoms with E-state index < -0.39 is 6.10 Å². The van der Waals surface area contributed by atoms with Crippen LogP contribution in [0.3, 0.4) is 0 Å².